The molecule has 0 aliphatic rings. The highest BCUT2D eigenvalue weighted by molar-refractivity contribution is 9.11. The van der Waals surface area contributed by atoms with E-state index in [0.717, 1.165) is 19.2 Å². The van der Waals surface area contributed by atoms with Crippen LogP contribution in [0.25, 0.3) is 0 Å². The summed E-state index contributed by atoms with van der Waals surface area (Å²) in [4.78, 5) is 0. The molecule has 0 fully saturated rings. The summed E-state index contributed by atoms with van der Waals surface area (Å²) in [5.41, 5.74) is 5.61. The molecular formula is C9H10Br3NO. The smallest absolute Gasteiger partial charge is 0.147 e. The second-order valence-electron chi connectivity index (χ2n) is 2.99. The van der Waals surface area contributed by atoms with E-state index in [0.29, 0.717) is 6.61 Å². The fraction of sp³-hybridized carbons (Fsp3) is 0.333. The van der Waals surface area contributed by atoms with Crippen LogP contribution in [0.15, 0.2) is 25.6 Å². The number of hydrogen-bond acceptors (Lipinski definition) is 2. The second kappa shape index (κ2) is 5.49. The molecule has 0 saturated carbocycles. The first-order valence-corrected chi connectivity index (χ1v) is 6.41. The first kappa shape index (κ1) is 12.5. The Hall–Kier alpha value is 0.420. The zero-order chi connectivity index (χ0) is 10.7. The molecule has 0 unspecified atom stereocenters. The van der Waals surface area contributed by atoms with Crippen LogP contribution >= 0.6 is 47.8 Å². The number of halogens is 3. The van der Waals surface area contributed by atoms with Crippen molar-refractivity contribution in [2.45, 2.75) is 13.0 Å². The summed E-state index contributed by atoms with van der Waals surface area (Å²) in [6.07, 6.45) is 0. The Bertz CT molecular complexity index is 305. The standard InChI is InChI=1S/C9H10Br3NO/c1-5(13)4-14-9-7(11)2-6(10)3-8(9)12/h2-3,5H,4,13H2,1H3/t5-/m1/s1. The molecule has 1 rings (SSSR count). The summed E-state index contributed by atoms with van der Waals surface area (Å²) in [6, 6.07) is 3.89. The van der Waals surface area contributed by atoms with Gasteiger partial charge in [-0.3, -0.25) is 0 Å². The van der Waals surface area contributed by atoms with Crippen molar-refractivity contribution in [2.24, 2.45) is 5.73 Å². The van der Waals surface area contributed by atoms with Crippen molar-refractivity contribution in [1.29, 1.82) is 0 Å². The Morgan fingerprint density at radius 2 is 1.79 bits per heavy atom. The first-order chi connectivity index (χ1) is 6.50. The van der Waals surface area contributed by atoms with Gasteiger partial charge in [-0.25, -0.2) is 0 Å². The highest BCUT2D eigenvalue weighted by atomic mass is 79.9. The molecule has 0 aliphatic carbocycles. The molecule has 1 aromatic carbocycles. The summed E-state index contributed by atoms with van der Waals surface area (Å²) in [7, 11) is 0. The number of rotatable bonds is 3. The Labute approximate surface area is 109 Å². The van der Waals surface area contributed by atoms with Gasteiger partial charge >= 0.3 is 0 Å². The predicted molar refractivity (Wildman–Crippen MR) is 68.7 cm³/mol. The lowest BCUT2D eigenvalue weighted by Crippen LogP contribution is -2.23. The number of hydrogen-bond donors (Lipinski definition) is 1. The number of benzene rings is 1. The van der Waals surface area contributed by atoms with Crippen LogP contribution in [0.3, 0.4) is 0 Å². The van der Waals surface area contributed by atoms with Crippen LogP contribution in [-0.4, -0.2) is 12.6 Å². The van der Waals surface area contributed by atoms with E-state index < -0.39 is 0 Å². The Morgan fingerprint density at radius 1 is 1.29 bits per heavy atom. The fourth-order valence-corrected chi connectivity index (χ4v) is 3.37. The van der Waals surface area contributed by atoms with E-state index in [-0.39, 0.29) is 6.04 Å². The molecule has 0 amide bonds. The molecule has 0 radical (unpaired) electrons. The topological polar surface area (TPSA) is 35.2 Å². The monoisotopic (exact) mass is 385 g/mol. The molecular weight excluding hydrogens is 378 g/mol. The molecule has 0 aliphatic heterocycles. The van der Waals surface area contributed by atoms with E-state index in [1.807, 2.05) is 19.1 Å². The molecule has 0 saturated heterocycles. The number of ether oxygens (including phenoxy) is 1. The van der Waals surface area contributed by atoms with E-state index >= 15 is 0 Å². The fourth-order valence-electron chi connectivity index (χ4n) is 0.882. The lowest BCUT2D eigenvalue weighted by Gasteiger charge is -2.12. The first-order valence-electron chi connectivity index (χ1n) is 4.03. The minimum absolute atomic E-state index is 0.0254. The van der Waals surface area contributed by atoms with Crippen LogP contribution < -0.4 is 10.5 Å². The van der Waals surface area contributed by atoms with E-state index in [2.05, 4.69) is 47.8 Å². The molecule has 0 spiro atoms. The van der Waals surface area contributed by atoms with Gasteiger partial charge in [0, 0.05) is 10.5 Å². The third kappa shape index (κ3) is 3.53. The molecule has 78 valence electrons. The van der Waals surface area contributed by atoms with E-state index in [9.17, 15) is 0 Å². The summed E-state index contributed by atoms with van der Waals surface area (Å²) in [5.74, 6) is 0.783. The minimum Gasteiger partial charge on any atom is -0.490 e. The van der Waals surface area contributed by atoms with Gasteiger partial charge in [0.2, 0.25) is 0 Å². The average molecular weight is 388 g/mol. The lowest BCUT2D eigenvalue weighted by molar-refractivity contribution is 0.292. The van der Waals surface area contributed by atoms with Crippen LogP contribution in [-0.2, 0) is 0 Å². The van der Waals surface area contributed by atoms with Crippen molar-refractivity contribution in [1.82, 2.24) is 0 Å². The molecule has 1 aromatic rings. The lowest BCUT2D eigenvalue weighted by atomic mass is 10.3. The van der Waals surface area contributed by atoms with Gasteiger partial charge in [-0.2, -0.15) is 0 Å². The highest BCUT2D eigenvalue weighted by Gasteiger charge is 2.08. The van der Waals surface area contributed by atoms with Crippen molar-refractivity contribution >= 4 is 47.8 Å². The Balaban J connectivity index is 2.86. The third-order valence-corrected chi connectivity index (χ3v) is 3.09. The van der Waals surface area contributed by atoms with Gasteiger partial charge in [-0.15, -0.1) is 0 Å². The largest absolute Gasteiger partial charge is 0.490 e. The van der Waals surface area contributed by atoms with Gasteiger partial charge in [0.25, 0.3) is 0 Å². The summed E-state index contributed by atoms with van der Waals surface area (Å²) in [5, 5.41) is 0. The van der Waals surface area contributed by atoms with Gasteiger partial charge in [0.1, 0.15) is 12.4 Å². The average Bonchev–Trinajstić information content (AvgIpc) is 2.01. The van der Waals surface area contributed by atoms with Crippen LogP contribution in [0.1, 0.15) is 6.92 Å². The van der Waals surface area contributed by atoms with Gasteiger partial charge in [0.05, 0.1) is 8.95 Å². The maximum atomic E-state index is 5.61. The van der Waals surface area contributed by atoms with Gasteiger partial charge in [-0.05, 0) is 50.9 Å². The van der Waals surface area contributed by atoms with E-state index in [1.54, 1.807) is 0 Å². The van der Waals surface area contributed by atoms with Crippen molar-refractivity contribution in [3.63, 3.8) is 0 Å². The van der Waals surface area contributed by atoms with Gasteiger partial charge in [0.15, 0.2) is 0 Å². The molecule has 1 atom stereocenters. The molecule has 0 heterocycles. The Morgan fingerprint density at radius 3 is 2.21 bits per heavy atom. The molecule has 2 nitrogen and oxygen atoms in total. The molecule has 0 aromatic heterocycles. The van der Waals surface area contributed by atoms with Crippen LogP contribution in [0, 0.1) is 0 Å². The van der Waals surface area contributed by atoms with Crippen LogP contribution in [0.2, 0.25) is 0 Å². The maximum Gasteiger partial charge on any atom is 0.147 e. The zero-order valence-corrected chi connectivity index (χ0v) is 12.3. The predicted octanol–water partition coefficient (Wildman–Crippen LogP) is 3.70. The highest BCUT2D eigenvalue weighted by Crippen LogP contribution is 2.36. The SMILES string of the molecule is C[C@@H](N)COc1c(Br)cc(Br)cc1Br. The second-order valence-corrected chi connectivity index (χ2v) is 5.61. The summed E-state index contributed by atoms with van der Waals surface area (Å²) >= 11 is 10.2. The normalized spacial score (nSPS) is 12.6. The van der Waals surface area contributed by atoms with Gasteiger partial charge in [-0.1, -0.05) is 15.9 Å². The van der Waals surface area contributed by atoms with E-state index in [1.165, 1.54) is 0 Å². The molecule has 5 heteroatoms. The quantitative estimate of drug-likeness (QED) is 0.858. The maximum absolute atomic E-state index is 5.61. The van der Waals surface area contributed by atoms with Gasteiger partial charge < -0.3 is 10.5 Å². The molecule has 0 bridgehead atoms. The minimum atomic E-state index is 0.0254. The zero-order valence-electron chi connectivity index (χ0n) is 7.56. The summed E-state index contributed by atoms with van der Waals surface area (Å²) < 4.78 is 8.34. The molecule has 2 N–H and O–H groups in total. The third-order valence-electron chi connectivity index (χ3n) is 1.45. The number of nitrogens with two attached hydrogens (primary N) is 1. The van der Waals surface area contributed by atoms with Crippen molar-refractivity contribution in [2.75, 3.05) is 6.61 Å². The van der Waals surface area contributed by atoms with Crippen molar-refractivity contribution in [3.8, 4) is 5.75 Å². The van der Waals surface area contributed by atoms with Crippen molar-refractivity contribution < 1.29 is 4.74 Å². The summed E-state index contributed by atoms with van der Waals surface area (Å²) in [6.45, 7) is 2.40. The molecule has 14 heavy (non-hydrogen) atoms. The Kier molecular flexibility index (Phi) is 4.90. The van der Waals surface area contributed by atoms with Crippen LogP contribution in [0.4, 0.5) is 0 Å². The van der Waals surface area contributed by atoms with Crippen LogP contribution in [0.5, 0.6) is 5.75 Å². The van der Waals surface area contributed by atoms with E-state index in [4.69, 9.17) is 10.5 Å². The van der Waals surface area contributed by atoms with Crippen molar-refractivity contribution in [3.05, 3.63) is 25.6 Å².